The summed E-state index contributed by atoms with van der Waals surface area (Å²) in [6, 6.07) is 17.3. The molecule has 174 valence electrons. The Morgan fingerprint density at radius 3 is 2.39 bits per heavy atom. The summed E-state index contributed by atoms with van der Waals surface area (Å²) < 4.78 is 0. The summed E-state index contributed by atoms with van der Waals surface area (Å²) in [5.74, 6) is -0.214. The van der Waals surface area contributed by atoms with Gasteiger partial charge < -0.3 is 5.11 Å². The van der Waals surface area contributed by atoms with Gasteiger partial charge in [-0.2, -0.15) is 5.21 Å². The van der Waals surface area contributed by atoms with E-state index in [4.69, 9.17) is 0 Å². The molecule has 33 heavy (non-hydrogen) atoms. The van der Waals surface area contributed by atoms with Crippen molar-refractivity contribution in [3.63, 3.8) is 0 Å². The first kappa shape index (κ1) is 23.1. The molecule has 1 heterocycles. The molecule has 2 aromatic carbocycles. The number of rotatable bonds is 10. The van der Waals surface area contributed by atoms with E-state index in [1.807, 2.05) is 18.2 Å². The van der Waals surface area contributed by atoms with E-state index in [0.29, 0.717) is 11.9 Å². The van der Waals surface area contributed by atoms with Crippen LogP contribution in [0.15, 0.2) is 48.5 Å². The SMILES string of the molecule is CCCCCN(Cc1ccc(-c2ccccc2-c2nn[nH]n2)cc1)C1CCC(C(=O)O)CC1. The number of carboxylic acid groups (broad SMARTS) is 1. The second-order valence-corrected chi connectivity index (χ2v) is 9.00. The number of aliphatic carboxylic acids is 1. The normalized spacial score (nSPS) is 18.5. The minimum Gasteiger partial charge on any atom is -0.481 e. The highest BCUT2D eigenvalue weighted by molar-refractivity contribution is 5.80. The number of carboxylic acids is 1. The average Bonchev–Trinajstić information content (AvgIpc) is 3.39. The summed E-state index contributed by atoms with van der Waals surface area (Å²) in [6.45, 7) is 4.20. The molecule has 1 fully saturated rings. The van der Waals surface area contributed by atoms with Gasteiger partial charge in [-0.05, 0) is 60.6 Å². The van der Waals surface area contributed by atoms with Crippen LogP contribution in [-0.4, -0.2) is 49.2 Å². The predicted octanol–water partition coefficient (Wildman–Crippen LogP) is 5.17. The minimum absolute atomic E-state index is 0.169. The summed E-state index contributed by atoms with van der Waals surface area (Å²) in [5, 5.41) is 23.9. The molecule has 1 aliphatic rings. The fourth-order valence-electron chi connectivity index (χ4n) is 4.87. The molecule has 0 radical (unpaired) electrons. The molecular weight excluding hydrogens is 414 g/mol. The molecule has 7 nitrogen and oxygen atoms in total. The summed E-state index contributed by atoms with van der Waals surface area (Å²) >= 11 is 0. The first-order valence-electron chi connectivity index (χ1n) is 12.0. The Kier molecular flexibility index (Phi) is 7.83. The maximum absolute atomic E-state index is 11.4. The number of hydrogen-bond acceptors (Lipinski definition) is 5. The van der Waals surface area contributed by atoms with Gasteiger partial charge in [0.2, 0.25) is 5.82 Å². The lowest BCUT2D eigenvalue weighted by Gasteiger charge is -2.36. The molecular formula is C26H33N5O2. The van der Waals surface area contributed by atoms with Crippen LogP contribution in [0.3, 0.4) is 0 Å². The zero-order valence-corrected chi connectivity index (χ0v) is 19.3. The molecule has 0 amide bonds. The molecule has 1 saturated carbocycles. The summed E-state index contributed by atoms with van der Waals surface area (Å²) in [4.78, 5) is 13.9. The van der Waals surface area contributed by atoms with Crippen molar-refractivity contribution in [2.75, 3.05) is 6.54 Å². The highest BCUT2D eigenvalue weighted by Crippen LogP contribution is 2.31. The second-order valence-electron chi connectivity index (χ2n) is 9.00. The number of unbranched alkanes of at least 4 members (excludes halogenated alkanes) is 2. The van der Waals surface area contributed by atoms with Crippen molar-refractivity contribution in [1.82, 2.24) is 25.5 Å². The Morgan fingerprint density at radius 2 is 1.76 bits per heavy atom. The number of carbonyl (C=O) groups is 1. The first-order valence-corrected chi connectivity index (χ1v) is 12.0. The maximum Gasteiger partial charge on any atom is 0.306 e. The molecule has 0 bridgehead atoms. The van der Waals surface area contributed by atoms with Crippen LogP contribution >= 0.6 is 0 Å². The monoisotopic (exact) mass is 447 g/mol. The summed E-state index contributed by atoms with van der Waals surface area (Å²) in [6.07, 6.45) is 7.14. The Hall–Kier alpha value is -3.06. The van der Waals surface area contributed by atoms with Gasteiger partial charge in [-0.25, -0.2) is 0 Å². The molecule has 3 aromatic rings. The third-order valence-electron chi connectivity index (χ3n) is 6.78. The fourth-order valence-corrected chi connectivity index (χ4v) is 4.87. The van der Waals surface area contributed by atoms with Gasteiger partial charge in [-0.1, -0.05) is 68.3 Å². The van der Waals surface area contributed by atoms with Crippen molar-refractivity contribution in [3.8, 4) is 22.5 Å². The smallest absolute Gasteiger partial charge is 0.306 e. The van der Waals surface area contributed by atoms with Crippen LogP contribution < -0.4 is 0 Å². The predicted molar refractivity (Wildman–Crippen MR) is 128 cm³/mol. The third kappa shape index (κ3) is 5.85. The van der Waals surface area contributed by atoms with Crippen molar-refractivity contribution < 1.29 is 9.90 Å². The number of nitrogens with zero attached hydrogens (tertiary/aromatic N) is 4. The van der Waals surface area contributed by atoms with E-state index >= 15 is 0 Å². The quantitative estimate of drug-likeness (QED) is 0.416. The average molecular weight is 448 g/mol. The van der Waals surface area contributed by atoms with Crippen molar-refractivity contribution in [3.05, 3.63) is 54.1 Å². The van der Waals surface area contributed by atoms with E-state index in [-0.39, 0.29) is 5.92 Å². The largest absolute Gasteiger partial charge is 0.481 e. The number of benzene rings is 2. The zero-order valence-electron chi connectivity index (χ0n) is 19.3. The molecule has 4 rings (SSSR count). The molecule has 1 aliphatic carbocycles. The lowest BCUT2D eigenvalue weighted by molar-refractivity contribution is -0.143. The van der Waals surface area contributed by atoms with Crippen LogP contribution in [0.1, 0.15) is 57.4 Å². The number of aromatic nitrogens is 4. The van der Waals surface area contributed by atoms with E-state index in [2.05, 4.69) is 62.8 Å². The number of nitrogens with one attached hydrogen (secondary N) is 1. The number of H-pyrrole nitrogens is 1. The van der Waals surface area contributed by atoms with Crippen LogP contribution in [0.5, 0.6) is 0 Å². The highest BCUT2D eigenvalue weighted by Gasteiger charge is 2.29. The Morgan fingerprint density at radius 1 is 1.03 bits per heavy atom. The van der Waals surface area contributed by atoms with E-state index < -0.39 is 5.97 Å². The lowest BCUT2D eigenvalue weighted by atomic mass is 9.85. The Balaban J connectivity index is 1.47. The summed E-state index contributed by atoms with van der Waals surface area (Å²) in [5.41, 5.74) is 4.44. The van der Waals surface area contributed by atoms with Gasteiger partial charge >= 0.3 is 5.97 Å². The molecule has 1 aromatic heterocycles. The first-order chi connectivity index (χ1) is 16.2. The maximum atomic E-state index is 11.4. The fraction of sp³-hybridized carbons (Fsp3) is 0.462. The Labute approximate surface area is 195 Å². The lowest BCUT2D eigenvalue weighted by Crippen LogP contribution is -2.39. The van der Waals surface area contributed by atoms with E-state index in [1.54, 1.807) is 0 Å². The van der Waals surface area contributed by atoms with Crippen molar-refractivity contribution in [2.45, 2.75) is 64.5 Å². The number of tetrazole rings is 1. The van der Waals surface area contributed by atoms with Gasteiger partial charge in [-0.15, -0.1) is 10.2 Å². The van der Waals surface area contributed by atoms with Crippen LogP contribution in [-0.2, 0) is 11.3 Å². The van der Waals surface area contributed by atoms with Crippen LogP contribution in [0.4, 0.5) is 0 Å². The van der Waals surface area contributed by atoms with Gasteiger partial charge in [0, 0.05) is 18.2 Å². The molecule has 0 atom stereocenters. The summed E-state index contributed by atoms with van der Waals surface area (Å²) in [7, 11) is 0. The Bertz CT molecular complexity index is 1010. The zero-order chi connectivity index (χ0) is 23.0. The van der Waals surface area contributed by atoms with Gasteiger partial charge in [0.15, 0.2) is 0 Å². The molecule has 2 N–H and O–H groups in total. The van der Waals surface area contributed by atoms with Crippen LogP contribution in [0.2, 0.25) is 0 Å². The van der Waals surface area contributed by atoms with Gasteiger partial charge in [0.05, 0.1) is 5.92 Å². The van der Waals surface area contributed by atoms with Crippen molar-refractivity contribution in [1.29, 1.82) is 0 Å². The molecule has 7 heteroatoms. The van der Waals surface area contributed by atoms with E-state index in [9.17, 15) is 9.90 Å². The topological polar surface area (TPSA) is 95.0 Å². The third-order valence-corrected chi connectivity index (χ3v) is 6.78. The number of aromatic amines is 1. The molecule has 0 aliphatic heterocycles. The van der Waals surface area contributed by atoms with E-state index in [0.717, 1.165) is 55.5 Å². The van der Waals surface area contributed by atoms with Crippen molar-refractivity contribution in [2.24, 2.45) is 5.92 Å². The van der Waals surface area contributed by atoms with Crippen molar-refractivity contribution >= 4 is 5.97 Å². The van der Waals surface area contributed by atoms with Gasteiger partial charge in [0.25, 0.3) is 0 Å². The standard InChI is InChI=1S/C26H33N5O2/c1-2-3-6-17-31(22-15-13-21(14-16-22)26(32)33)18-19-9-11-20(12-10-19)23-7-4-5-8-24(23)25-27-29-30-28-25/h4-5,7-12,21-22H,2-3,6,13-18H2,1H3,(H,32,33)(H,27,28,29,30). The van der Waals surface area contributed by atoms with Crippen LogP contribution in [0.25, 0.3) is 22.5 Å². The minimum atomic E-state index is -0.636. The molecule has 0 spiro atoms. The number of hydrogen-bond donors (Lipinski definition) is 2. The van der Waals surface area contributed by atoms with Gasteiger partial charge in [-0.3, -0.25) is 9.69 Å². The highest BCUT2D eigenvalue weighted by atomic mass is 16.4. The molecule has 0 unspecified atom stereocenters. The van der Waals surface area contributed by atoms with Crippen LogP contribution in [0, 0.1) is 5.92 Å². The molecule has 0 saturated heterocycles. The second kappa shape index (κ2) is 11.2. The van der Waals surface area contributed by atoms with E-state index in [1.165, 1.54) is 24.8 Å². The van der Waals surface area contributed by atoms with Gasteiger partial charge in [0.1, 0.15) is 0 Å².